The topological polar surface area (TPSA) is 35.0 Å². The zero-order valence-corrected chi connectivity index (χ0v) is 9.90. The summed E-state index contributed by atoms with van der Waals surface area (Å²) in [6, 6.07) is 11.2. The summed E-state index contributed by atoms with van der Waals surface area (Å²) in [6.45, 7) is 0. The van der Waals surface area contributed by atoms with E-state index < -0.39 is 0 Å². The summed E-state index contributed by atoms with van der Waals surface area (Å²) in [5.74, 6) is 0.719. The molecule has 0 atom stereocenters. The number of hydrogen-bond donors (Lipinski definition) is 0. The number of nitrogens with zero attached hydrogens (tertiary/aromatic N) is 2. The van der Waals surface area contributed by atoms with Crippen LogP contribution in [0.4, 0.5) is 0 Å². The van der Waals surface area contributed by atoms with E-state index in [0.717, 1.165) is 27.8 Å². The lowest BCUT2D eigenvalue weighted by Gasteiger charge is -2.05. The van der Waals surface area contributed by atoms with E-state index in [1.165, 1.54) is 0 Å². The maximum Gasteiger partial charge on any atom is 0.146 e. The predicted molar refractivity (Wildman–Crippen MR) is 68.6 cm³/mol. The first-order chi connectivity index (χ1) is 8.29. The molecule has 0 saturated heterocycles. The highest BCUT2D eigenvalue weighted by atomic mass is 35.5. The number of fused-ring (bicyclic) bond motifs is 2. The van der Waals surface area contributed by atoms with Gasteiger partial charge >= 0.3 is 0 Å². The molecular formula is C13H9ClN2O. The SMILES string of the molecule is COc1cccc2nc3c(Cl)cccc3nc12. The first-order valence-electron chi connectivity index (χ1n) is 5.18. The monoisotopic (exact) mass is 244 g/mol. The minimum Gasteiger partial charge on any atom is -0.494 e. The van der Waals surface area contributed by atoms with Crippen molar-refractivity contribution in [3.8, 4) is 5.75 Å². The Kier molecular flexibility index (Phi) is 2.34. The van der Waals surface area contributed by atoms with Crippen molar-refractivity contribution in [2.45, 2.75) is 0 Å². The fourth-order valence-corrected chi connectivity index (χ4v) is 2.04. The molecule has 1 aromatic heterocycles. The molecule has 0 aliphatic rings. The molecule has 1 heterocycles. The van der Waals surface area contributed by atoms with E-state index in [0.29, 0.717) is 5.02 Å². The molecule has 0 aliphatic heterocycles. The van der Waals surface area contributed by atoms with Gasteiger partial charge in [0.05, 0.1) is 23.2 Å². The second-order valence-corrected chi connectivity index (χ2v) is 4.07. The fraction of sp³-hybridized carbons (Fsp3) is 0.0769. The van der Waals surface area contributed by atoms with Crippen LogP contribution in [-0.2, 0) is 0 Å². The molecule has 0 amide bonds. The first kappa shape index (κ1) is 10.3. The summed E-state index contributed by atoms with van der Waals surface area (Å²) >= 11 is 6.10. The van der Waals surface area contributed by atoms with Crippen LogP contribution < -0.4 is 4.74 Å². The molecule has 17 heavy (non-hydrogen) atoms. The summed E-state index contributed by atoms with van der Waals surface area (Å²) in [5, 5.41) is 0.611. The zero-order chi connectivity index (χ0) is 11.8. The van der Waals surface area contributed by atoms with Gasteiger partial charge in [0.2, 0.25) is 0 Å². The van der Waals surface area contributed by atoms with Crippen LogP contribution in [0.5, 0.6) is 5.75 Å². The fourth-order valence-electron chi connectivity index (χ4n) is 1.82. The van der Waals surface area contributed by atoms with Gasteiger partial charge in [0.25, 0.3) is 0 Å². The van der Waals surface area contributed by atoms with Crippen LogP contribution in [0.3, 0.4) is 0 Å². The Labute approximate surface area is 103 Å². The predicted octanol–water partition coefficient (Wildman–Crippen LogP) is 3.45. The van der Waals surface area contributed by atoms with Crippen molar-refractivity contribution in [2.75, 3.05) is 7.11 Å². The second kappa shape index (κ2) is 3.86. The van der Waals surface area contributed by atoms with Gasteiger partial charge in [-0.1, -0.05) is 23.7 Å². The van der Waals surface area contributed by atoms with Crippen molar-refractivity contribution < 1.29 is 4.74 Å². The Balaban J connectivity index is 2.48. The van der Waals surface area contributed by atoms with Gasteiger partial charge < -0.3 is 4.74 Å². The van der Waals surface area contributed by atoms with Crippen LogP contribution in [0.15, 0.2) is 36.4 Å². The molecule has 0 fully saturated rings. The molecule has 0 aliphatic carbocycles. The van der Waals surface area contributed by atoms with Crippen LogP contribution in [0, 0.1) is 0 Å². The quantitative estimate of drug-likeness (QED) is 0.615. The average molecular weight is 245 g/mol. The van der Waals surface area contributed by atoms with E-state index in [1.807, 2.05) is 36.4 Å². The Morgan fingerprint density at radius 1 is 0.941 bits per heavy atom. The highest BCUT2D eigenvalue weighted by Crippen LogP contribution is 2.27. The number of aromatic nitrogens is 2. The van der Waals surface area contributed by atoms with E-state index in [2.05, 4.69) is 9.97 Å². The lowest BCUT2D eigenvalue weighted by Crippen LogP contribution is -1.91. The third kappa shape index (κ3) is 1.59. The number of halogens is 1. The maximum absolute atomic E-state index is 6.10. The van der Waals surface area contributed by atoms with E-state index in [-0.39, 0.29) is 0 Å². The number of methoxy groups -OCH3 is 1. The molecule has 0 radical (unpaired) electrons. The second-order valence-electron chi connectivity index (χ2n) is 3.66. The summed E-state index contributed by atoms with van der Waals surface area (Å²) in [4.78, 5) is 9.05. The lowest BCUT2D eigenvalue weighted by atomic mass is 10.2. The Hall–Kier alpha value is -1.87. The molecule has 0 N–H and O–H groups in total. The Morgan fingerprint density at radius 2 is 1.59 bits per heavy atom. The largest absolute Gasteiger partial charge is 0.494 e. The molecule has 3 rings (SSSR count). The highest BCUT2D eigenvalue weighted by Gasteiger charge is 2.07. The Morgan fingerprint density at radius 3 is 2.35 bits per heavy atom. The summed E-state index contributed by atoms with van der Waals surface area (Å²) < 4.78 is 5.27. The third-order valence-electron chi connectivity index (χ3n) is 2.63. The van der Waals surface area contributed by atoms with Crippen molar-refractivity contribution in [3.05, 3.63) is 41.4 Å². The Bertz CT molecular complexity index is 712. The van der Waals surface area contributed by atoms with Crippen LogP contribution in [0.2, 0.25) is 5.02 Å². The molecule has 0 unspecified atom stereocenters. The van der Waals surface area contributed by atoms with E-state index in [4.69, 9.17) is 16.3 Å². The van der Waals surface area contributed by atoms with Crippen LogP contribution >= 0.6 is 11.6 Å². The van der Waals surface area contributed by atoms with Crippen molar-refractivity contribution in [3.63, 3.8) is 0 Å². The standard InChI is InChI=1S/C13H9ClN2O/c1-17-11-7-3-6-10-13(11)16-9-5-2-4-8(14)12(9)15-10/h2-7H,1H3. The number of rotatable bonds is 1. The summed E-state index contributed by atoms with van der Waals surface area (Å²) in [7, 11) is 1.62. The molecule has 3 aromatic rings. The van der Waals surface area contributed by atoms with Crippen molar-refractivity contribution >= 4 is 33.7 Å². The maximum atomic E-state index is 6.10. The summed E-state index contributed by atoms with van der Waals surface area (Å²) in [6.07, 6.45) is 0. The average Bonchev–Trinajstić information content (AvgIpc) is 2.36. The third-order valence-corrected chi connectivity index (χ3v) is 2.93. The molecule has 0 saturated carbocycles. The molecule has 3 nitrogen and oxygen atoms in total. The van der Waals surface area contributed by atoms with Crippen LogP contribution in [0.1, 0.15) is 0 Å². The molecule has 84 valence electrons. The van der Waals surface area contributed by atoms with Gasteiger partial charge in [0.15, 0.2) is 0 Å². The lowest BCUT2D eigenvalue weighted by molar-refractivity contribution is 0.419. The molecule has 0 spiro atoms. The number of para-hydroxylation sites is 2. The molecule has 0 bridgehead atoms. The smallest absolute Gasteiger partial charge is 0.146 e. The number of ether oxygens (including phenoxy) is 1. The first-order valence-corrected chi connectivity index (χ1v) is 5.56. The van der Waals surface area contributed by atoms with Crippen molar-refractivity contribution in [2.24, 2.45) is 0 Å². The van der Waals surface area contributed by atoms with Crippen molar-refractivity contribution in [1.29, 1.82) is 0 Å². The van der Waals surface area contributed by atoms with E-state index >= 15 is 0 Å². The van der Waals surface area contributed by atoms with Gasteiger partial charge in [-0.25, -0.2) is 9.97 Å². The normalized spacial score (nSPS) is 10.9. The van der Waals surface area contributed by atoms with Gasteiger partial charge in [-0.15, -0.1) is 0 Å². The van der Waals surface area contributed by atoms with Crippen molar-refractivity contribution in [1.82, 2.24) is 9.97 Å². The van der Waals surface area contributed by atoms with Gasteiger partial charge in [-0.05, 0) is 24.3 Å². The number of hydrogen-bond acceptors (Lipinski definition) is 3. The van der Waals surface area contributed by atoms with Crippen LogP contribution in [0.25, 0.3) is 22.1 Å². The van der Waals surface area contributed by atoms with Gasteiger partial charge in [-0.2, -0.15) is 0 Å². The number of benzene rings is 2. The molecular weight excluding hydrogens is 236 g/mol. The molecule has 2 aromatic carbocycles. The van der Waals surface area contributed by atoms with Gasteiger partial charge in [0.1, 0.15) is 16.8 Å². The highest BCUT2D eigenvalue weighted by molar-refractivity contribution is 6.35. The van der Waals surface area contributed by atoms with E-state index in [9.17, 15) is 0 Å². The van der Waals surface area contributed by atoms with Crippen LogP contribution in [-0.4, -0.2) is 17.1 Å². The molecule has 4 heteroatoms. The summed E-state index contributed by atoms with van der Waals surface area (Å²) in [5.41, 5.74) is 3.03. The van der Waals surface area contributed by atoms with Gasteiger partial charge in [0, 0.05) is 0 Å². The zero-order valence-electron chi connectivity index (χ0n) is 9.14. The van der Waals surface area contributed by atoms with E-state index in [1.54, 1.807) is 7.11 Å². The van der Waals surface area contributed by atoms with Gasteiger partial charge in [-0.3, -0.25) is 0 Å². The minimum absolute atomic E-state index is 0.611. The minimum atomic E-state index is 0.611.